The van der Waals surface area contributed by atoms with Gasteiger partial charge in [-0.15, -0.1) is 0 Å². The molecule has 1 saturated carbocycles. The van der Waals surface area contributed by atoms with Crippen molar-refractivity contribution < 1.29 is 14.3 Å². The number of anilines is 1. The summed E-state index contributed by atoms with van der Waals surface area (Å²) in [6.07, 6.45) is 4.43. The van der Waals surface area contributed by atoms with Gasteiger partial charge in [0.2, 0.25) is 11.8 Å². The normalized spacial score (nSPS) is 20.8. The lowest BCUT2D eigenvalue weighted by Crippen LogP contribution is -2.45. The maximum absolute atomic E-state index is 13.4. The quantitative estimate of drug-likeness (QED) is 0.844. The molecule has 152 valence electrons. The number of nitrogens with one attached hydrogen (secondary N) is 1. The molecule has 5 heteroatoms. The molecule has 0 saturated heterocycles. The molecule has 5 nitrogen and oxygen atoms in total. The van der Waals surface area contributed by atoms with E-state index in [4.69, 9.17) is 4.74 Å². The van der Waals surface area contributed by atoms with Crippen molar-refractivity contribution in [2.24, 2.45) is 11.8 Å². The van der Waals surface area contributed by atoms with Crippen molar-refractivity contribution >= 4 is 17.5 Å². The summed E-state index contributed by atoms with van der Waals surface area (Å²) in [5, 5.41) is 3.05. The van der Waals surface area contributed by atoms with E-state index in [1.54, 1.807) is 7.11 Å². The molecule has 2 unspecified atom stereocenters. The Morgan fingerprint density at radius 2 is 1.76 bits per heavy atom. The van der Waals surface area contributed by atoms with Gasteiger partial charge in [-0.1, -0.05) is 49.2 Å². The monoisotopic (exact) mass is 392 g/mol. The topological polar surface area (TPSA) is 58.6 Å². The lowest BCUT2D eigenvalue weighted by molar-refractivity contribution is -0.135. The van der Waals surface area contributed by atoms with Crippen molar-refractivity contribution in [1.29, 1.82) is 0 Å². The Hall–Kier alpha value is -2.82. The van der Waals surface area contributed by atoms with Crippen LogP contribution in [0.5, 0.6) is 5.75 Å². The number of carbonyl (C=O) groups excluding carboxylic acids is 2. The third kappa shape index (κ3) is 4.00. The second-order valence-corrected chi connectivity index (χ2v) is 7.90. The average Bonchev–Trinajstić information content (AvgIpc) is 3.21. The first-order chi connectivity index (χ1) is 14.2. The Labute approximate surface area is 172 Å². The molecule has 1 heterocycles. The molecule has 1 N–H and O–H groups in total. The van der Waals surface area contributed by atoms with Crippen LogP contribution >= 0.6 is 0 Å². The molecule has 2 aliphatic rings. The number of carbonyl (C=O) groups is 2. The molecule has 1 aliphatic carbocycles. The summed E-state index contributed by atoms with van der Waals surface area (Å²) < 4.78 is 5.37. The zero-order chi connectivity index (χ0) is 20.2. The summed E-state index contributed by atoms with van der Waals surface area (Å²) in [4.78, 5) is 28.3. The largest absolute Gasteiger partial charge is 0.496 e. The molecule has 0 radical (unpaired) electrons. The number of para-hydroxylation sites is 2. The summed E-state index contributed by atoms with van der Waals surface area (Å²) in [7, 11) is 1.63. The van der Waals surface area contributed by atoms with Crippen molar-refractivity contribution in [2.45, 2.75) is 38.6 Å². The molecule has 2 aromatic carbocycles. The van der Waals surface area contributed by atoms with Gasteiger partial charge in [0.1, 0.15) is 5.75 Å². The van der Waals surface area contributed by atoms with Crippen LogP contribution in [0.3, 0.4) is 0 Å². The Morgan fingerprint density at radius 3 is 2.59 bits per heavy atom. The summed E-state index contributed by atoms with van der Waals surface area (Å²) in [6.45, 7) is 1.12. The molecule has 0 aromatic heterocycles. The predicted octanol–water partition coefficient (Wildman–Crippen LogP) is 3.71. The first-order valence-electron chi connectivity index (χ1n) is 10.5. The van der Waals surface area contributed by atoms with Crippen LogP contribution in [0.25, 0.3) is 0 Å². The van der Waals surface area contributed by atoms with Gasteiger partial charge in [-0.3, -0.25) is 9.59 Å². The highest BCUT2D eigenvalue weighted by Gasteiger charge is 2.39. The highest BCUT2D eigenvalue weighted by Crippen LogP contribution is 2.36. The van der Waals surface area contributed by atoms with E-state index in [1.807, 2.05) is 47.4 Å². The van der Waals surface area contributed by atoms with Crippen LogP contribution in [0.1, 0.15) is 36.8 Å². The summed E-state index contributed by atoms with van der Waals surface area (Å²) in [5.74, 6) is 0.331. The van der Waals surface area contributed by atoms with Gasteiger partial charge >= 0.3 is 0 Å². The smallest absolute Gasteiger partial charge is 0.230 e. The molecule has 2 aromatic rings. The maximum atomic E-state index is 13.4. The lowest BCUT2D eigenvalue weighted by Gasteiger charge is -2.32. The zero-order valence-electron chi connectivity index (χ0n) is 16.9. The fourth-order valence-electron chi connectivity index (χ4n) is 4.67. The lowest BCUT2D eigenvalue weighted by atomic mass is 9.77. The SMILES string of the molecule is COc1ccccc1CNC(=O)C1CCCCC1C(=O)N1CCc2ccccc21. The number of amides is 2. The molecular formula is C24H28N2O3. The molecule has 2 amide bonds. The number of nitrogens with zero attached hydrogens (tertiary/aromatic N) is 1. The van der Waals surface area contributed by atoms with Crippen molar-refractivity contribution in [3.63, 3.8) is 0 Å². The Morgan fingerprint density at radius 1 is 1.03 bits per heavy atom. The fourth-order valence-corrected chi connectivity index (χ4v) is 4.67. The predicted molar refractivity (Wildman–Crippen MR) is 113 cm³/mol. The van der Waals surface area contributed by atoms with Crippen LogP contribution in [-0.2, 0) is 22.6 Å². The summed E-state index contributed by atoms with van der Waals surface area (Å²) in [5.41, 5.74) is 3.17. The van der Waals surface area contributed by atoms with E-state index in [-0.39, 0.29) is 23.7 Å². The van der Waals surface area contributed by atoms with E-state index in [9.17, 15) is 9.59 Å². The number of hydrogen-bond donors (Lipinski definition) is 1. The van der Waals surface area contributed by atoms with Crippen molar-refractivity contribution in [2.75, 3.05) is 18.6 Å². The van der Waals surface area contributed by atoms with Crippen LogP contribution in [0.4, 0.5) is 5.69 Å². The first kappa shape index (κ1) is 19.5. The standard InChI is InChI=1S/C24H28N2O3/c1-29-22-13-7-3-9-18(22)16-25-23(27)19-10-4-5-11-20(19)24(28)26-15-14-17-8-2-6-12-21(17)26/h2-3,6-9,12-13,19-20H,4-5,10-11,14-16H2,1H3,(H,25,27). The van der Waals surface area contributed by atoms with Crippen molar-refractivity contribution in [1.82, 2.24) is 5.32 Å². The van der Waals surface area contributed by atoms with E-state index in [0.717, 1.165) is 49.1 Å². The molecule has 1 aliphatic heterocycles. The van der Waals surface area contributed by atoms with Crippen LogP contribution < -0.4 is 15.0 Å². The number of hydrogen-bond acceptors (Lipinski definition) is 3. The summed E-state index contributed by atoms with van der Waals surface area (Å²) >= 11 is 0. The number of benzene rings is 2. The minimum Gasteiger partial charge on any atom is -0.496 e. The van der Waals surface area contributed by atoms with Gasteiger partial charge in [0.05, 0.1) is 13.0 Å². The van der Waals surface area contributed by atoms with Gasteiger partial charge in [0, 0.05) is 30.3 Å². The highest BCUT2D eigenvalue weighted by molar-refractivity contribution is 5.99. The van der Waals surface area contributed by atoms with Gasteiger partial charge in [-0.2, -0.15) is 0 Å². The van der Waals surface area contributed by atoms with Gasteiger partial charge in [0.25, 0.3) is 0 Å². The van der Waals surface area contributed by atoms with Crippen LogP contribution in [0, 0.1) is 11.8 Å². The third-order valence-corrected chi connectivity index (χ3v) is 6.22. The number of ether oxygens (including phenoxy) is 1. The van der Waals surface area contributed by atoms with E-state index in [2.05, 4.69) is 11.4 Å². The van der Waals surface area contributed by atoms with E-state index in [1.165, 1.54) is 5.56 Å². The van der Waals surface area contributed by atoms with Crippen molar-refractivity contribution in [3.05, 3.63) is 59.7 Å². The number of fused-ring (bicyclic) bond motifs is 1. The zero-order valence-corrected chi connectivity index (χ0v) is 16.9. The first-order valence-corrected chi connectivity index (χ1v) is 10.5. The fraction of sp³-hybridized carbons (Fsp3) is 0.417. The Balaban J connectivity index is 1.46. The Kier molecular flexibility index (Phi) is 5.84. The van der Waals surface area contributed by atoms with Crippen LogP contribution in [-0.4, -0.2) is 25.5 Å². The van der Waals surface area contributed by atoms with Gasteiger partial charge < -0.3 is 15.0 Å². The molecule has 0 bridgehead atoms. The van der Waals surface area contributed by atoms with Gasteiger partial charge in [-0.05, 0) is 37.0 Å². The van der Waals surface area contributed by atoms with Crippen molar-refractivity contribution in [3.8, 4) is 5.75 Å². The Bertz CT molecular complexity index is 895. The molecule has 29 heavy (non-hydrogen) atoms. The van der Waals surface area contributed by atoms with E-state index < -0.39 is 0 Å². The second kappa shape index (κ2) is 8.68. The maximum Gasteiger partial charge on any atom is 0.230 e. The van der Waals surface area contributed by atoms with Gasteiger partial charge in [0.15, 0.2) is 0 Å². The van der Waals surface area contributed by atoms with E-state index >= 15 is 0 Å². The molecular weight excluding hydrogens is 364 g/mol. The molecule has 1 fully saturated rings. The average molecular weight is 392 g/mol. The second-order valence-electron chi connectivity index (χ2n) is 7.90. The van der Waals surface area contributed by atoms with Crippen LogP contribution in [0.15, 0.2) is 48.5 Å². The highest BCUT2D eigenvalue weighted by atomic mass is 16.5. The molecule has 0 spiro atoms. The number of rotatable bonds is 5. The number of methoxy groups -OCH3 is 1. The minimum atomic E-state index is -0.265. The summed E-state index contributed by atoms with van der Waals surface area (Å²) in [6, 6.07) is 15.8. The van der Waals surface area contributed by atoms with Gasteiger partial charge in [-0.25, -0.2) is 0 Å². The third-order valence-electron chi connectivity index (χ3n) is 6.22. The molecule has 4 rings (SSSR count). The van der Waals surface area contributed by atoms with Crippen LogP contribution in [0.2, 0.25) is 0 Å². The minimum absolute atomic E-state index is 0.0264. The molecule has 2 atom stereocenters. The van der Waals surface area contributed by atoms with E-state index in [0.29, 0.717) is 13.1 Å².